The molecule has 0 unspecified atom stereocenters. The quantitative estimate of drug-likeness (QED) is 0.417. The van der Waals surface area contributed by atoms with Crippen LogP contribution in [0.3, 0.4) is 0 Å². The van der Waals surface area contributed by atoms with Gasteiger partial charge in [-0.3, -0.25) is 9.35 Å². The molecule has 0 aliphatic carbocycles. The Balaban J connectivity index is 0. The van der Waals surface area contributed by atoms with E-state index < -0.39 is 16.4 Å². The maximum absolute atomic E-state index is 10.2. The van der Waals surface area contributed by atoms with Crippen molar-refractivity contribution < 1.29 is 27.1 Å². The Labute approximate surface area is 128 Å². The van der Waals surface area contributed by atoms with Gasteiger partial charge >= 0.3 is 10.4 Å². The molecule has 2 N–H and O–H groups in total. The van der Waals surface area contributed by atoms with Gasteiger partial charge in [-0.25, -0.2) is 4.18 Å². The molecule has 0 fully saturated rings. The Morgan fingerprint density at radius 1 is 0.905 bits per heavy atom. The van der Waals surface area contributed by atoms with Crippen LogP contribution in [0.4, 0.5) is 0 Å². The lowest BCUT2D eigenvalue weighted by Gasteiger charge is -2.02. The lowest BCUT2D eigenvalue weighted by molar-refractivity contribution is -0.134. The standard InChI is InChI=1S/C12H26O4S.C2H4O2/c1-2-3-4-5-6-7-8-9-10-11-12-16-17(13,14)15;1-2(3)4/h2-12H2,1H3,(H,13,14,15);1H3,(H,3,4). The minimum atomic E-state index is -4.23. The first-order valence-corrected chi connectivity index (χ1v) is 8.97. The number of unbranched alkanes of at least 4 members (excludes halogenated alkanes) is 9. The molecule has 0 heterocycles. The van der Waals surface area contributed by atoms with Gasteiger partial charge in [0, 0.05) is 6.92 Å². The molecule has 0 amide bonds. The summed E-state index contributed by atoms with van der Waals surface area (Å²) in [5.74, 6) is -0.833. The number of carboxylic acids is 1. The van der Waals surface area contributed by atoms with Gasteiger partial charge in [0.25, 0.3) is 5.97 Å². The van der Waals surface area contributed by atoms with Crippen molar-refractivity contribution in [2.24, 2.45) is 0 Å². The van der Waals surface area contributed by atoms with E-state index >= 15 is 0 Å². The van der Waals surface area contributed by atoms with Crippen molar-refractivity contribution in [3.8, 4) is 0 Å². The first kappa shape index (κ1) is 22.6. The Bertz CT molecular complexity index is 322. The molecule has 0 saturated heterocycles. The largest absolute Gasteiger partial charge is 0.481 e. The fraction of sp³-hybridized carbons (Fsp3) is 0.929. The number of carboxylic acid groups (broad SMARTS) is 1. The van der Waals surface area contributed by atoms with Crippen molar-refractivity contribution in [1.29, 1.82) is 0 Å². The van der Waals surface area contributed by atoms with Crippen LogP contribution in [0.25, 0.3) is 0 Å². The molecule has 128 valence electrons. The van der Waals surface area contributed by atoms with Gasteiger partial charge in [0.1, 0.15) is 0 Å². The summed E-state index contributed by atoms with van der Waals surface area (Å²) < 4.78 is 33.0. The third kappa shape index (κ3) is 32.7. The molecule has 0 aromatic heterocycles. The van der Waals surface area contributed by atoms with Crippen molar-refractivity contribution in [2.75, 3.05) is 6.61 Å². The molecule has 7 heteroatoms. The van der Waals surface area contributed by atoms with Crippen LogP contribution < -0.4 is 0 Å². The maximum Gasteiger partial charge on any atom is 0.397 e. The summed E-state index contributed by atoms with van der Waals surface area (Å²) >= 11 is 0. The Morgan fingerprint density at radius 2 is 1.24 bits per heavy atom. The molecule has 0 aromatic rings. The lowest BCUT2D eigenvalue weighted by atomic mass is 10.1. The third-order valence-corrected chi connectivity index (χ3v) is 3.19. The summed E-state index contributed by atoms with van der Waals surface area (Å²) in [6, 6.07) is 0. The van der Waals surface area contributed by atoms with E-state index in [1.807, 2.05) is 0 Å². The topological polar surface area (TPSA) is 101 Å². The highest BCUT2D eigenvalue weighted by atomic mass is 32.3. The summed E-state index contributed by atoms with van der Waals surface area (Å²) in [4.78, 5) is 9.00. The highest BCUT2D eigenvalue weighted by Crippen LogP contribution is 2.10. The average Bonchev–Trinajstić information content (AvgIpc) is 2.34. The molecular formula is C14H30O6S. The van der Waals surface area contributed by atoms with E-state index in [1.165, 1.54) is 44.9 Å². The predicted octanol–water partition coefficient (Wildman–Crippen LogP) is 3.82. The molecule has 0 aliphatic heterocycles. The van der Waals surface area contributed by atoms with Gasteiger partial charge in [-0.2, -0.15) is 8.42 Å². The number of rotatable bonds is 12. The summed E-state index contributed by atoms with van der Waals surface area (Å²) in [6.07, 6.45) is 11.9. The smallest absolute Gasteiger partial charge is 0.397 e. The Hall–Kier alpha value is -0.660. The molecule has 21 heavy (non-hydrogen) atoms. The van der Waals surface area contributed by atoms with Crippen LogP contribution in [0.5, 0.6) is 0 Å². The van der Waals surface area contributed by atoms with Crippen molar-refractivity contribution in [3.05, 3.63) is 0 Å². The zero-order chi connectivity index (χ0) is 16.6. The van der Waals surface area contributed by atoms with Crippen LogP contribution in [0, 0.1) is 0 Å². The monoisotopic (exact) mass is 326 g/mol. The normalized spacial score (nSPS) is 10.8. The fourth-order valence-corrected chi connectivity index (χ4v) is 2.08. The van der Waals surface area contributed by atoms with Crippen molar-refractivity contribution in [2.45, 2.75) is 78.1 Å². The van der Waals surface area contributed by atoms with E-state index in [0.717, 1.165) is 19.8 Å². The van der Waals surface area contributed by atoms with Crippen LogP contribution in [0.15, 0.2) is 0 Å². The van der Waals surface area contributed by atoms with E-state index in [-0.39, 0.29) is 6.61 Å². The van der Waals surface area contributed by atoms with E-state index in [4.69, 9.17) is 14.5 Å². The van der Waals surface area contributed by atoms with E-state index in [9.17, 15) is 8.42 Å². The van der Waals surface area contributed by atoms with Crippen molar-refractivity contribution in [1.82, 2.24) is 0 Å². The van der Waals surface area contributed by atoms with Crippen LogP contribution in [-0.2, 0) is 19.4 Å². The second kappa shape index (κ2) is 15.7. The second-order valence-corrected chi connectivity index (χ2v) is 6.04. The molecule has 0 rings (SSSR count). The molecule has 0 aromatic carbocycles. The summed E-state index contributed by atoms with van der Waals surface area (Å²) in [7, 11) is -4.23. The number of aliphatic carboxylic acids is 1. The van der Waals surface area contributed by atoms with Crippen LogP contribution >= 0.6 is 0 Å². The molecule has 0 atom stereocenters. The number of hydrogen-bond donors (Lipinski definition) is 2. The summed E-state index contributed by atoms with van der Waals surface area (Å²) in [6.45, 7) is 3.39. The Morgan fingerprint density at radius 3 is 1.57 bits per heavy atom. The van der Waals surface area contributed by atoms with Crippen molar-refractivity contribution >= 4 is 16.4 Å². The molecule has 0 saturated carbocycles. The van der Waals surface area contributed by atoms with Crippen LogP contribution in [0.1, 0.15) is 78.1 Å². The first-order valence-electron chi connectivity index (χ1n) is 7.61. The third-order valence-electron chi connectivity index (χ3n) is 2.73. The summed E-state index contributed by atoms with van der Waals surface area (Å²) in [5.41, 5.74) is 0. The summed E-state index contributed by atoms with van der Waals surface area (Å²) in [5, 5.41) is 7.42. The molecule has 0 bridgehead atoms. The van der Waals surface area contributed by atoms with Gasteiger partial charge in [-0.15, -0.1) is 0 Å². The maximum atomic E-state index is 10.2. The second-order valence-electron chi connectivity index (χ2n) is 4.95. The van der Waals surface area contributed by atoms with Gasteiger partial charge < -0.3 is 5.11 Å². The molecular weight excluding hydrogens is 296 g/mol. The van der Waals surface area contributed by atoms with Crippen LogP contribution in [-0.4, -0.2) is 30.7 Å². The zero-order valence-electron chi connectivity index (χ0n) is 13.2. The van der Waals surface area contributed by atoms with Gasteiger partial charge in [-0.1, -0.05) is 64.7 Å². The minimum absolute atomic E-state index is 0.0926. The lowest BCUT2D eigenvalue weighted by Crippen LogP contribution is -2.04. The van der Waals surface area contributed by atoms with E-state index in [1.54, 1.807) is 0 Å². The SMILES string of the molecule is CC(=O)O.CCCCCCCCCCCCOS(=O)(=O)O. The van der Waals surface area contributed by atoms with Gasteiger partial charge in [0.05, 0.1) is 6.61 Å². The number of hydrogen-bond acceptors (Lipinski definition) is 4. The van der Waals surface area contributed by atoms with Gasteiger partial charge in [-0.05, 0) is 6.42 Å². The average molecular weight is 326 g/mol. The Kier molecular flexibility index (Phi) is 16.9. The van der Waals surface area contributed by atoms with Crippen molar-refractivity contribution in [3.63, 3.8) is 0 Å². The fourth-order valence-electron chi connectivity index (χ4n) is 1.75. The first-order chi connectivity index (χ1) is 9.79. The number of carbonyl (C=O) groups is 1. The molecule has 6 nitrogen and oxygen atoms in total. The van der Waals surface area contributed by atoms with Crippen LogP contribution in [0.2, 0.25) is 0 Å². The molecule has 0 radical (unpaired) electrons. The molecule has 0 spiro atoms. The molecule has 0 aliphatic rings. The zero-order valence-corrected chi connectivity index (χ0v) is 14.0. The van der Waals surface area contributed by atoms with E-state index in [0.29, 0.717) is 6.42 Å². The minimum Gasteiger partial charge on any atom is -0.481 e. The predicted molar refractivity (Wildman–Crippen MR) is 82.7 cm³/mol. The van der Waals surface area contributed by atoms with E-state index in [2.05, 4.69) is 11.1 Å². The van der Waals surface area contributed by atoms with Gasteiger partial charge in [0.15, 0.2) is 0 Å². The van der Waals surface area contributed by atoms with Gasteiger partial charge in [0.2, 0.25) is 0 Å². The highest BCUT2D eigenvalue weighted by Gasteiger charge is 2.02. The highest BCUT2D eigenvalue weighted by molar-refractivity contribution is 7.80.